The number of benzene rings is 1. The molecule has 0 saturated heterocycles. The van der Waals surface area contributed by atoms with E-state index in [9.17, 15) is 4.79 Å². The number of methoxy groups -OCH3 is 1. The summed E-state index contributed by atoms with van der Waals surface area (Å²) in [7, 11) is 1.63. The molecule has 0 atom stereocenters. The highest BCUT2D eigenvalue weighted by Gasteiger charge is 2.15. The zero-order chi connectivity index (χ0) is 13.1. The summed E-state index contributed by atoms with van der Waals surface area (Å²) < 4.78 is 5.28. The molecule has 0 aliphatic rings. The number of halogens is 1. The zero-order valence-corrected chi connectivity index (χ0v) is 12.2. The number of rotatable bonds is 3. The summed E-state index contributed by atoms with van der Waals surface area (Å²) in [5.74, 6) is 0.791. The van der Waals surface area contributed by atoms with Gasteiger partial charge in [-0.2, -0.15) is 0 Å². The molecule has 94 valence electrons. The van der Waals surface area contributed by atoms with Crippen LogP contribution in [0.2, 0.25) is 0 Å². The second kappa shape index (κ2) is 5.54. The third-order valence-electron chi connectivity index (χ3n) is 2.56. The highest BCUT2D eigenvalue weighted by Crippen LogP contribution is 2.27. The summed E-state index contributed by atoms with van der Waals surface area (Å²) in [6.45, 7) is 6.92. The van der Waals surface area contributed by atoms with Gasteiger partial charge in [-0.3, -0.25) is 4.79 Å². The van der Waals surface area contributed by atoms with Crippen LogP contribution in [-0.2, 0) is 12.0 Å². The molecule has 0 bridgehead atoms. The van der Waals surface area contributed by atoms with Crippen molar-refractivity contribution in [1.29, 1.82) is 0 Å². The number of carbonyl (C=O) groups is 1. The molecule has 1 aromatic rings. The molecule has 0 unspecified atom stereocenters. The van der Waals surface area contributed by atoms with Crippen LogP contribution in [0.15, 0.2) is 18.2 Å². The van der Waals surface area contributed by atoms with E-state index in [0.717, 1.165) is 11.3 Å². The molecule has 0 radical (unpaired) electrons. The number of carbonyl (C=O) groups excluding carboxylic acids is 1. The van der Waals surface area contributed by atoms with Crippen molar-refractivity contribution in [2.45, 2.75) is 32.7 Å². The monoisotopic (exact) mass is 299 g/mol. The smallest absolute Gasteiger partial charge is 0.287 e. The highest BCUT2D eigenvalue weighted by atomic mass is 79.9. The van der Waals surface area contributed by atoms with E-state index in [0.29, 0.717) is 6.54 Å². The van der Waals surface area contributed by atoms with Crippen LogP contribution in [0.5, 0.6) is 5.75 Å². The Kier molecular flexibility index (Phi) is 4.57. The van der Waals surface area contributed by atoms with Gasteiger partial charge in [0.05, 0.1) is 7.11 Å². The first kappa shape index (κ1) is 14.0. The van der Waals surface area contributed by atoms with Gasteiger partial charge in [-0.25, -0.2) is 0 Å². The van der Waals surface area contributed by atoms with Gasteiger partial charge in [0.1, 0.15) is 5.75 Å². The molecule has 0 heterocycles. The number of amides is 1. The molecule has 0 aliphatic carbocycles. The number of ether oxygens (including phenoxy) is 1. The molecule has 0 spiro atoms. The van der Waals surface area contributed by atoms with Crippen LogP contribution in [0.25, 0.3) is 0 Å². The first-order valence-electron chi connectivity index (χ1n) is 5.45. The van der Waals surface area contributed by atoms with E-state index in [-0.39, 0.29) is 10.2 Å². The first-order chi connectivity index (χ1) is 7.84. The summed E-state index contributed by atoms with van der Waals surface area (Å²) in [6, 6.07) is 6.07. The summed E-state index contributed by atoms with van der Waals surface area (Å²) in [4.78, 5) is 10.6. The zero-order valence-electron chi connectivity index (χ0n) is 10.6. The van der Waals surface area contributed by atoms with E-state index in [2.05, 4.69) is 54.2 Å². The Bertz CT molecular complexity index is 410. The second-order valence-electron chi connectivity index (χ2n) is 4.90. The number of nitrogens with one attached hydrogen (secondary N) is 1. The summed E-state index contributed by atoms with van der Waals surface area (Å²) in [5, 5.41) is 2.71. The maximum atomic E-state index is 10.9. The minimum absolute atomic E-state index is 0.0828. The van der Waals surface area contributed by atoms with E-state index >= 15 is 0 Å². The topological polar surface area (TPSA) is 38.3 Å². The Labute approximate surface area is 111 Å². The van der Waals surface area contributed by atoms with Crippen LogP contribution in [-0.4, -0.2) is 11.9 Å². The summed E-state index contributed by atoms with van der Waals surface area (Å²) >= 11 is 2.85. The molecule has 0 aromatic heterocycles. The van der Waals surface area contributed by atoms with Crippen molar-refractivity contribution in [2.24, 2.45) is 0 Å². The van der Waals surface area contributed by atoms with Crippen molar-refractivity contribution in [1.82, 2.24) is 5.32 Å². The fraction of sp³-hybridized carbons (Fsp3) is 0.462. The molecule has 0 aliphatic heterocycles. The molecular formula is C13H18BrNO2. The van der Waals surface area contributed by atoms with E-state index in [1.165, 1.54) is 5.56 Å². The average Bonchev–Trinajstić information content (AvgIpc) is 2.24. The lowest BCUT2D eigenvalue weighted by Gasteiger charge is -2.21. The third-order valence-corrected chi connectivity index (χ3v) is 2.84. The summed E-state index contributed by atoms with van der Waals surface area (Å²) in [6.07, 6.45) is 0. The first-order valence-corrected chi connectivity index (χ1v) is 6.24. The Hall–Kier alpha value is -1.03. The second-order valence-corrected chi connectivity index (χ2v) is 5.62. The fourth-order valence-corrected chi connectivity index (χ4v) is 1.69. The molecule has 1 N–H and O–H groups in total. The van der Waals surface area contributed by atoms with Crippen LogP contribution < -0.4 is 10.1 Å². The molecule has 1 rings (SSSR count). The van der Waals surface area contributed by atoms with E-state index in [1.54, 1.807) is 7.11 Å². The highest BCUT2D eigenvalue weighted by molar-refractivity contribution is 9.18. The van der Waals surface area contributed by atoms with Crippen molar-refractivity contribution in [2.75, 3.05) is 7.11 Å². The van der Waals surface area contributed by atoms with Gasteiger partial charge in [0.25, 0.3) is 4.82 Å². The van der Waals surface area contributed by atoms with Crippen LogP contribution in [0, 0.1) is 0 Å². The Morgan fingerprint density at radius 2 is 2.06 bits per heavy atom. The average molecular weight is 300 g/mol. The van der Waals surface area contributed by atoms with Crippen LogP contribution >= 0.6 is 15.9 Å². The van der Waals surface area contributed by atoms with Crippen molar-refractivity contribution in [3.05, 3.63) is 29.3 Å². The molecule has 1 amide bonds. The van der Waals surface area contributed by atoms with E-state index in [1.807, 2.05) is 6.07 Å². The van der Waals surface area contributed by atoms with E-state index < -0.39 is 0 Å². The third kappa shape index (κ3) is 4.04. The Balaban J connectivity index is 3.02. The normalized spacial score (nSPS) is 11.1. The van der Waals surface area contributed by atoms with Gasteiger partial charge in [-0.05, 0) is 23.1 Å². The van der Waals surface area contributed by atoms with Gasteiger partial charge < -0.3 is 10.1 Å². The van der Waals surface area contributed by atoms with Gasteiger partial charge in [0, 0.05) is 28.0 Å². The van der Waals surface area contributed by atoms with Crippen molar-refractivity contribution in [3.63, 3.8) is 0 Å². The van der Waals surface area contributed by atoms with Crippen molar-refractivity contribution >= 4 is 20.7 Å². The van der Waals surface area contributed by atoms with Gasteiger partial charge >= 0.3 is 0 Å². The maximum absolute atomic E-state index is 10.9. The molecule has 0 saturated carbocycles. The standard InChI is InChI=1S/C13H18BrNO2/c1-13(2,3)10-5-6-11(17-4)9(7-10)8-15-12(14)16/h5-7H,8H2,1-4H3,(H,15,16). The lowest BCUT2D eigenvalue weighted by Crippen LogP contribution is -2.17. The van der Waals surface area contributed by atoms with E-state index in [4.69, 9.17) is 4.74 Å². The Morgan fingerprint density at radius 1 is 1.41 bits per heavy atom. The molecular weight excluding hydrogens is 282 g/mol. The molecule has 1 aromatic carbocycles. The fourth-order valence-electron chi connectivity index (χ4n) is 1.55. The predicted octanol–water partition coefficient (Wildman–Crippen LogP) is 3.60. The van der Waals surface area contributed by atoms with Crippen LogP contribution in [0.1, 0.15) is 31.9 Å². The molecule has 4 heteroatoms. The van der Waals surface area contributed by atoms with Crippen LogP contribution in [0.3, 0.4) is 0 Å². The lowest BCUT2D eigenvalue weighted by atomic mass is 9.86. The molecule has 0 fully saturated rings. The predicted molar refractivity (Wildman–Crippen MR) is 72.9 cm³/mol. The van der Waals surface area contributed by atoms with Gasteiger partial charge in [0.15, 0.2) is 0 Å². The molecule has 17 heavy (non-hydrogen) atoms. The molecule has 3 nitrogen and oxygen atoms in total. The van der Waals surface area contributed by atoms with Crippen LogP contribution in [0.4, 0.5) is 4.79 Å². The SMILES string of the molecule is COc1ccc(C(C)(C)C)cc1CNC(=O)Br. The minimum atomic E-state index is -0.222. The largest absolute Gasteiger partial charge is 0.496 e. The summed E-state index contributed by atoms with van der Waals surface area (Å²) in [5.41, 5.74) is 2.28. The van der Waals surface area contributed by atoms with Gasteiger partial charge in [-0.1, -0.05) is 26.8 Å². The van der Waals surface area contributed by atoms with Gasteiger partial charge in [-0.15, -0.1) is 0 Å². The minimum Gasteiger partial charge on any atom is -0.496 e. The number of hydrogen-bond acceptors (Lipinski definition) is 2. The van der Waals surface area contributed by atoms with Gasteiger partial charge in [0.2, 0.25) is 0 Å². The van der Waals surface area contributed by atoms with Crippen molar-refractivity contribution < 1.29 is 9.53 Å². The quantitative estimate of drug-likeness (QED) is 0.684. The number of hydrogen-bond donors (Lipinski definition) is 1. The maximum Gasteiger partial charge on any atom is 0.287 e. The lowest BCUT2D eigenvalue weighted by molar-refractivity contribution is 0.261. The Morgan fingerprint density at radius 3 is 2.53 bits per heavy atom. The van der Waals surface area contributed by atoms with Crippen molar-refractivity contribution in [3.8, 4) is 5.75 Å².